The highest BCUT2D eigenvalue weighted by molar-refractivity contribution is 5.99. The molecule has 0 spiro atoms. The monoisotopic (exact) mass is 472 g/mol. The number of hydrogen-bond donors (Lipinski definition) is 2. The number of carbonyl (C=O) groups excluding carboxylic acids is 2. The Morgan fingerprint density at radius 3 is 2.76 bits per heavy atom. The first-order chi connectivity index (χ1) is 16.3. The van der Waals surface area contributed by atoms with Crippen molar-refractivity contribution in [2.75, 3.05) is 18.1 Å². The van der Waals surface area contributed by atoms with Gasteiger partial charge in [-0.2, -0.15) is 0 Å². The number of aromatic nitrogens is 1. The average molecular weight is 472 g/mol. The molecule has 10 heteroatoms. The van der Waals surface area contributed by atoms with Gasteiger partial charge in [-0.05, 0) is 44.1 Å². The molecule has 1 aliphatic carbocycles. The zero-order valence-electron chi connectivity index (χ0n) is 18.8. The van der Waals surface area contributed by atoms with Crippen LogP contribution in [0.15, 0.2) is 29.2 Å². The summed E-state index contributed by atoms with van der Waals surface area (Å²) >= 11 is 0. The number of benzene rings is 1. The molecule has 1 saturated heterocycles. The van der Waals surface area contributed by atoms with Gasteiger partial charge in [0.15, 0.2) is 11.4 Å². The Hall–Kier alpha value is -3.43. The number of nitrogens with zero attached hydrogens (tertiary/aromatic N) is 3. The van der Waals surface area contributed by atoms with Gasteiger partial charge in [-0.25, -0.2) is 8.78 Å². The van der Waals surface area contributed by atoms with E-state index in [4.69, 9.17) is 0 Å². The number of aromatic hydroxyl groups is 1. The molecule has 3 aliphatic rings. The fourth-order valence-corrected chi connectivity index (χ4v) is 5.69. The van der Waals surface area contributed by atoms with E-state index in [-0.39, 0.29) is 35.4 Å². The molecule has 2 aliphatic heterocycles. The molecule has 8 nitrogen and oxygen atoms in total. The van der Waals surface area contributed by atoms with Crippen molar-refractivity contribution in [2.45, 2.75) is 45.3 Å². The Balaban J connectivity index is 1.51. The van der Waals surface area contributed by atoms with Crippen LogP contribution in [-0.4, -0.2) is 45.8 Å². The van der Waals surface area contributed by atoms with Crippen molar-refractivity contribution in [3.63, 3.8) is 0 Å². The van der Waals surface area contributed by atoms with Crippen LogP contribution in [0.1, 0.15) is 59.0 Å². The molecule has 1 aromatic carbocycles. The summed E-state index contributed by atoms with van der Waals surface area (Å²) in [6.07, 6.45) is 5.25. The Morgan fingerprint density at radius 1 is 1.24 bits per heavy atom. The summed E-state index contributed by atoms with van der Waals surface area (Å²) in [6, 6.07) is 2.99. The number of halogens is 2. The Bertz CT molecular complexity index is 1230. The minimum Gasteiger partial charge on any atom is -0.502 e. The molecule has 2 fully saturated rings. The van der Waals surface area contributed by atoms with Crippen LogP contribution in [0, 0.1) is 23.5 Å². The number of piperidine rings is 1. The smallest absolute Gasteiger partial charge is 0.278 e. The molecule has 2 N–H and O–H groups in total. The van der Waals surface area contributed by atoms with E-state index in [2.05, 4.69) is 5.32 Å². The maximum atomic E-state index is 13.9. The van der Waals surface area contributed by atoms with Crippen LogP contribution < -0.4 is 15.8 Å². The second-order valence-corrected chi connectivity index (χ2v) is 9.25. The molecule has 0 radical (unpaired) electrons. The predicted octanol–water partition coefficient (Wildman–Crippen LogP) is 2.32. The lowest BCUT2D eigenvalue weighted by atomic mass is 9.75. The van der Waals surface area contributed by atoms with Crippen LogP contribution in [0.5, 0.6) is 5.75 Å². The van der Waals surface area contributed by atoms with E-state index in [0.29, 0.717) is 25.1 Å². The molecule has 1 aromatic heterocycles. The highest BCUT2D eigenvalue weighted by atomic mass is 19.1. The van der Waals surface area contributed by atoms with Gasteiger partial charge in [0.25, 0.3) is 11.8 Å². The summed E-state index contributed by atoms with van der Waals surface area (Å²) in [7, 11) is 0. The maximum Gasteiger partial charge on any atom is 0.278 e. The number of nitrogens with one attached hydrogen (secondary N) is 1. The van der Waals surface area contributed by atoms with E-state index >= 15 is 0 Å². The molecule has 3 atom stereocenters. The third kappa shape index (κ3) is 3.52. The number of carbonyl (C=O) groups is 2. The van der Waals surface area contributed by atoms with Crippen molar-refractivity contribution >= 4 is 11.8 Å². The fourth-order valence-electron chi connectivity index (χ4n) is 5.69. The lowest BCUT2D eigenvalue weighted by Gasteiger charge is -2.55. The highest BCUT2D eigenvalue weighted by Crippen LogP contribution is 2.41. The zero-order valence-corrected chi connectivity index (χ0v) is 18.8. The van der Waals surface area contributed by atoms with Crippen molar-refractivity contribution in [3.05, 3.63) is 63.1 Å². The summed E-state index contributed by atoms with van der Waals surface area (Å²) in [5.41, 5.74) is -1.42. The average Bonchev–Trinajstić information content (AvgIpc) is 2.81. The first kappa shape index (κ1) is 22.4. The largest absolute Gasteiger partial charge is 0.502 e. The second kappa shape index (κ2) is 8.41. The van der Waals surface area contributed by atoms with Crippen molar-refractivity contribution < 1.29 is 23.5 Å². The van der Waals surface area contributed by atoms with Crippen LogP contribution in [0.25, 0.3) is 0 Å². The normalized spacial score (nSPS) is 23.4. The van der Waals surface area contributed by atoms with Crippen molar-refractivity contribution in [2.24, 2.45) is 11.8 Å². The summed E-state index contributed by atoms with van der Waals surface area (Å²) in [5, 5.41) is 15.2. The van der Waals surface area contributed by atoms with Gasteiger partial charge >= 0.3 is 0 Å². The SMILES string of the molecule is CCN1C(=O)c2c(O)c(=O)c(C(=O)NCc3ccc(F)cc3F)cn2N2C[C@@H]3CCC[C@@H](C3)[C@@H]12. The van der Waals surface area contributed by atoms with Gasteiger partial charge in [0.1, 0.15) is 23.4 Å². The number of rotatable bonds is 4. The van der Waals surface area contributed by atoms with Gasteiger partial charge in [0, 0.05) is 37.5 Å². The standard InChI is InChI=1S/C24H26F2N4O4/c1-2-28-23-14-5-3-4-13(8-14)11-30(23)29-12-17(20(31)21(32)19(29)24(28)34)22(33)27-10-15-6-7-16(25)9-18(15)26/h6-7,9,12-14,23,32H,2-5,8,10-11H2,1H3,(H,27,33)/t13-,14+,23+/m1/s1. The summed E-state index contributed by atoms with van der Waals surface area (Å²) in [6.45, 7) is 2.67. The molecule has 2 bridgehead atoms. The van der Waals surface area contributed by atoms with Gasteiger partial charge in [-0.15, -0.1) is 0 Å². The van der Waals surface area contributed by atoms with Gasteiger partial charge < -0.3 is 15.3 Å². The third-order valence-corrected chi connectivity index (χ3v) is 7.26. The zero-order chi connectivity index (χ0) is 24.1. The second-order valence-electron chi connectivity index (χ2n) is 9.25. The number of amides is 2. The van der Waals surface area contributed by atoms with E-state index in [9.17, 15) is 28.3 Å². The van der Waals surface area contributed by atoms with Crippen LogP contribution in [0.3, 0.4) is 0 Å². The Morgan fingerprint density at radius 2 is 2.03 bits per heavy atom. The van der Waals surface area contributed by atoms with Crippen molar-refractivity contribution in [3.8, 4) is 5.75 Å². The predicted molar refractivity (Wildman–Crippen MR) is 119 cm³/mol. The molecular weight excluding hydrogens is 446 g/mol. The van der Waals surface area contributed by atoms with Crippen LogP contribution >= 0.6 is 0 Å². The topological polar surface area (TPSA) is 94.9 Å². The number of fused-ring (bicyclic) bond motifs is 6. The van der Waals surface area contributed by atoms with E-state index in [0.717, 1.165) is 31.7 Å². The minimum atomic E-state index is -0.969. The van der Waals surface area contributed by atoms with Crippen LogP contribution in [0.4, 0.5) is 8.78 Å². The first-order valence-corrected chi connectivity index (χ1v) is 11.6. The lowest BCUT2D eigenvalue weighted by Crippen LogP contribution is -2.67. The number of hydrogen-bond acceptors (Lipinski definition) is 5. The van der Waals surface area contributed by atoms with Gasteiger partial charge in [0.05, 0.1) is 0 Å². The van der Waals surface area contributed by atoms with Crippen LogP contribution in [0.2, 0.25) is 0 Å². The Labute approximate surface area is 194 Å². The van der Waals surface area contributed by atoms with Crippen molar-refractivity contribution in [1.29, 1.82) is 0 Å². The molecule has 2 aromatic rings. The van der Waals surface area contributed by atoms with E-state index in [1.807, 2.05) is 11.9 Å². The van der Waals surface area contributed by atoms with E-state index in [1.54, 1.807) is 4.90 Å². The Kier molecular flexibility index (Phi) is 5.53. The molecular formula is C24H26F2N4O4. The van der Waals surface area contributed by atoms with Gasteiger partial charge in [-0.3, -0.25) is 24.1 Å². The third-order valence-electron chi connectivity index (χ3n) is 7.26. The molecule has 3 heterocycles. The molecule has 34 heavy (non-hydrogen) atoms. The first-order valence-electron chi connectivity index (χ1n) is 11.6. The van der Waals surface area contributed by atoms with Gasteiger partial charge in [0.2, 0.25) is 5.43 Å². The molecule has 1 saturated carbocycles. The summed E-state index contributed by atoms with van der Waals surface area (Å²) in [4.78, 5) is 40.7. The van der Waals surface area contributed by atoms with Crippen molar-refractivity contribution in [1.82, 2.24) is 14.9 Å². The summed E-state index contributed by atoms with van der Waals surface area (Å²) < 4.78 is 28.5. The van der Waals surface area contributed by atoms with E-state index < -0.39 is 34.6 Å². The quantitative estimate of drug-likeness (QED) is 0.712. The molecule has 180 valence electrons. The maximum absolute atomic E-state index is 13.9. The van der Waals surface area contributed by atoms with Gasteiger partial charge in [-0.1, -0.05) is 12.5 Å². The molecule has 2 amide bonds. The van der Waals surface area contributed by atoms with Crippen LogP contribution in [-0.2, 0) is 6.54 Å². The minimum absolute atomic E-state index is 0.0507. The molecule has 5 rings (SSSR count). The van der Waals surface area contributed by atoms with E-state index in [1.165, 1.54) is 16.9 Å². The highest BCUT2D eigenvalue weighted by Gasteiger charge is 2.48. The fraction of sp³-hybridized carbons (Fsp3) is 0.458. The number of pyridine rings is 1. The lowest BCUT2D eigenvalue weighted by molar-refractivity contribution is 0.0230. The molecule has 0 unspecified atom stereocenters. The summed E-state index contributed by atoms with van der Waals surface area (Å²) in [5.74, 6) is -2.91.